The molecule has 0 amide bonds. The summed E-state index contributed by atoms with van der Waals surface area (Å²) in [5.74, 6) is 1.01. The summed E-state index contributed by atoms with van der Waals surface area (Å²) in [5, 5.41) is 11.1. The summed E-state index contributed by atoms with van der Waals surface area (Å²) in [6, 6.07) is 9.46. The van der Waals surface area contributed by atoms with Crippen molar-refractivity contribution < 1.29 is 22.8 Å². The third kappa shape index (κ3) is 4.06. The maximum absolute atomic E-state index is 12.6. The van der Waals surface area contributed by atoms with Gasteiger partial charge in [0.1, 0.15) is 11.5 Å². The minimum Gasteiger partial charge on any atom is -0.497 e. The molecule has 25 heavy (non-hydrogen) atoms. The Morgan fingerprint density at radius 3 is 2.40 bits per heavy atom. The van der Waals surface area contributed by atoms with Crippen LogP contribution in [0.5, 0.6) is 11.5 Å². The molecule has 0 spiro atoms. The van der Waals surface area contributed by atoms with Gasteiger partial charge in [-0.2, -0.15) is 0 Å². The summed E-state index contributed by atoms with van der Waals surface area (Å²) < 4.78 is 38.1. The van der Waals surface area contributed by atoms with Gasteiger partial charge in [-0.25, -0.2) is 13.1 Å². The van der Waals surface area contributed by atoms with E-state index < -0.39 is 31.6 Å². The van der Waals surface area contributed by atoms with Crippen LogP contribution in [0.4, 0.5) is 5.69 Å². The zero-order chi connectivity index (χ0) is 18.6. The van der Waals surface area contributed by atoms with E-state index in [1.165, 1.54) is 32.4 Å². The van der Waals surface area contributed by atoms with E-state index in [2.05, 4.69) is 4.72 Å². The molecule has 0 aromatic heterocycles. The van der Waals surface area contributed by atoms with Crippen molar-refractivity contribution in [3.8, 4) is 11.5 Å². The molecule has 0 unspecified atom stereocenters. The van der Waals surface area contributed by atoms with Crippen molar-refractivity contribution >= 4 is 15.7 Å². The van der Waals surface area contributed by atoms with Gasteiger partial charge in [0.25, 0.3) is 5.69 Å². The van der Waals surface area contributed by atoms with Crippen molar-refractivity contribution in [2.75, 3.05) is 14.2 Å². The predicted octanol–water partition coefficient (Wildman–Crippen LogP) is 2.65. The third-order valence-corrected chi connectivity index (χ3v) is 5.17. The molecule has 0 aliphatic heterocycles. The van der Waals surface area contributed by atoms with E-state index >= 15 is 0 Å². The normalized spacial score (nSPS) is 12.4. The lowest BCUT2D eigenvalue weighted by molar-refractivity contribution is -0.387. The fourth-order valence-corrected chi connectivity index (χ4v) is 3.77. The summed E-state index contributed by atoms with van der Waals surface area (Å²) in [4.78, 5) is 9.96. The summed E-state index contributed by atoms with van der Waals surface area (Å²) in [5.41, 5.74) is 0.0591. The minimum atomic E-state index is -4.12. The highest BCUT2D eigenvalue weighted by Crippen LogP contribution is 2.31. The SMILES string of the molecule is COc1ccc(OC)c([C@@H](C)NS(=O)(=O)c2ccccc2[N+](=O)[O-])c1. The van der Waals surface area contributed by atoms with Crippen LogP contribution in [-0.2, 0) is 10.0 Å². The molecule has 2 aromatic carbocycles. The smallest absolute Gasteiger partial charge is 0.289 e. The van der Waals surface area contributed by atoms with Gasteiger partial charge in [-0.3, -0.25) is 10.1 Å². The van der Waals surface area contributed by atoms with E-state index in [-0.39, 0.29) is 0 Å². The average molecular weight is 366 g/mol. The van der Waals surface area contributed by atoms with Gasteiger partial charge in [-0.1, -0.05) is 12.1 Å². The standard InChI is InChI=1S/C16H18N2O6S/c1-11(13-10-12(23-2)8-9-15(13)24-3)17-25(21,22)16-7-5-4-6-14(16)18(19)20/h4-11,17H,1-3H3/t11-/m1/s1. The molecule has 0 saturated carbocycles. The number of para-hydroxylation sites is 1. The molecule has 9 heteroatoms. The number of ether oxygens (including phenoxy) is 2. The van der Waals surface area contributed by atoms with Gasteiger partial charge in [0.05, 0.1) is 19.1 Å². The molecule has 134 valence electrons. The van der Waals surface area contributed by atoms with E-state index in [4.69, 9.17) is 9.47 Å². The van der Waals surface area contributed by atoms with Gasteiger partial charge in [0.2, 0.25) is 10.0 Å². The highest BCUT2D eigenvalue weighted by molar-refractivity contribution is 7.89. The number of nitrogens with one attached hydrogen (secondary N) is 1. The van der Waals surface area contributed by atoms with Gasteiger partial charge >= 0.3 is 0 Å². The molecule has 2 rings (SSSR count). The predicted molar refractivity (Wildman–Crippen MR) is 91.4 cm³/mol. The molecule has 2 aromatic rings. The molecule has 1 atom stereocenters. The monoisotopic (exact) mass is 366 g/mol. The molecule has 0 heterocycles. The second-order valence-corrected chi connectivity index (χ2v) is 6.86. The maximum Gasteiger partial charge on any atom is 0.289 e. The van der Waals surface area contributed by atoms with Crippen LogP contribution in [0, 0.1) is 10.1 Å². The quantitative estimate of drug-likeness (QED) is 0.596. The highest BCUT2D eigenvalue weighted by atomic mass is 32.2. The van der Waals surface area contributed by atoms with Gasteiger partial charge in [-0.15, -0.1) is 0 Å². The molecular weight excluding hydrogens is 348 g/mol. The van der Waals surface area contributed by atoms with Crippen molar-refractivity contribution in [3.63, 3.8) is 0 Å². The summed E-state index contributed by atoms with van der Waals surface area (Å²) in [7, 11) is -1.16. The Labute approximate surface area is 145 Å². The Bertz CT molecular complexity index is 882. The Kier molecular flexibility index (Phi) is 5.60. The number of rotatable bonds is 7. The second-order valence-electron chi connectivity index (χ2n) is 5.18. The first-order chi connectivity index (χ1) is 11.8. The van der Waals surface area contributed by atoms with Gasteiger partial charge < -0.3 is 9.47 Å². The maximum atomic E-state index is 12.6. The molecule has 0 aliphatic rings. The topological polar surface area (TPSA) is 108 Å². The molecule has 0 bridgehead atoms. The van der Waals surface area contributed by atoms with Gasteiger partial charge in [0, 0.05) is 17.7 Å². The van der Waals surface area contributed by atoms with Crippen LogP contribution in [0.15, 0.2) is 47.4 Å². The Morgan fingerprint density at radius 1 is 1.12 bits per heavy atom. The van der Waals surface area contributed by atoms with Crippen molar-refractivity contribution in [2.45, 2.75) is 17.9 Å². The Balaban J connectivity index is 2.40. The molecule has 0 aliphatic carbocycles. The molecule has 0 saturated heterocycles. The fourth-order valence-electron chi connectivity index (χ4n) is 2.37. The number of nitro benzene ring substituents is 1. The average Bonchev–Trinajstić information content (AvgIpc) is 2.60. The van der Waals surface area contributed by atoms with Crippen molar-refractivity contribution in [1.29, 1.82) is 0 Å². The zero-order valence-corrected chi connectivity index (χ0v) is 14.7. The van der Waals surface area contributed by atoms with Crippen molar-refractivity contribution in [1.82, 2.24) is 4.72 Å². The van der Waals surface area contributed by atoms with Crippen LogP contribution >= 0.6 is 0 Å². The number of hydrogen-bond donors (Lipinski definition) is 1. The van der Waals surface area contributed by atoms with Gasteiger partial charge in [-0.05, 0) is 31.2 Å². The molecule has 0 fully saturated rings. The number of benzene rings is 2. The number of sulfonamides is 1. The number of hydrogen-bond acceptors (Lipinski definition) is 6. The van der Waals surface area contributed by atoms with Crippen molar-refractivity contribution in [3.05, 3.63) is 58.1 Å². The lowest BCUT2D eigenvalue weighted by atomic mass is 10.1. The first-order valence-corrected chi connectivity index (χ1v) is 8.76. The van der Waals surface area contributed by atoms with E-state index in [1.54, 1.807) is 25.1 Å². The van der Waals surface area contributed by atoms with Gasteiger partial charge in [0.15, 0.2) is 4.90 Å². The highest BCUT2D eigenvalue weighted by Gasteiger charge is 2.27. The summed E-state index contributed by atoms with van der Waals surface area (Å²) >= 11 is 0. The molecule has 1 N–H and O–H groups in total. The van der Waals surface area contributed by atoms with E-state index in [0.717, 1.165) is 6.07 Å². The van der Waals surface area contributed by atoms with Crippen LogP contribution in [-0.4, -0.2) is 27.6 Å². The zero-order valence-electron chi connectivity index (χ0n) is 13.9. The van der Waals surface area contributed by atoms with Crippen LogP contribution in [0.25, 0.3) is 0 Å². The second kappa shape index (κ2) is 7.49. The lowest BCUT2D eigenvalue weighted by Gasteiger charge is -2.18. The van der Waals surface area contributed by atoms with E-state index in [1.807, 2.05) is 0 Å². The number of nitrogens with zero attached hydrogens (tertiary/aromatic N) is 1. The largest absolute Gasteiger partial charge is 0.497 e. The Morgan fingerprint density at radius 2 is 1.80 bits per heavy atom. The molecular formula is C16H18N2O6S. The Hall–Kier alpha value is -2.65. The summed E-state index contributed by atoms with van der Waals surface area (Å²) in [6.07, 6.45) is 0. The third-order valence-electron chi connectivity index (χ3n) is 3.59. The number of methoxy groups -OCH3 is 2. The first-order valence-electron chi connectivity index (χ1n) is 7.28. The first kappa shape index (κ1) is 18.7. The van der Waals surface area contributed by atoms with Crippen LogP contribution in [0.3, 0.4) is 0 Å². The lowest BCUT2D eigenvalue weighted by Crippen LogP contribution is -2.27. The summed E-state index contributed by atoms with van der Waals surface area (Å²) in [6.45, 7) is 1.61. The number of nitro groups is 1. The van der Waals surface area contributed by atoms with Crippen LogP contribution in [0.1, 0.15) is 18.5 Å². The van der Waals surface area contributed by atoms with Crippen molar-refractivity contribution in [2.24, 2.45) is 0 Å². The molecule has 8 nitrogen and oxygen atoms in total. The fraction of sp³-hybridized carbons (Fsp3) is 0.250. The van der Waals surface area contributed by atoms with Crippen LogP contribution < -0.4 is 14.2 Å². The van der Waals surface area contributed by atoms with Crippen LogP contribution in [0.2, 0.25) is 0 Å². The van der Waals surface area contributed by atoms with E-state index in [9.17, 15) is 18.5 Å². The molecule has 0 radical (unpaired) electrons. The van der Waals surface area contributed by atoms with E-state index in [0.29, 0.717) is 17.1 Å². The minimum absolute atomic E-state index is 0.395.